The molecule has 0 spiro atoms. The number of pyridine rings is 1. The Labute approximate surface area is 118 Å². The average Bonchev–Trinajstić information content (AvgIpc) is 2.38. The number of nitrogen functional groups attached to an aromatic ring is 1. The van der Waals surface area contributed by atoms with Gasteiger partial charge >= 0.3 is 0 Å². The summed E-state index contributed by atoms with van der Waals surface area (Å²) in [6, 6.07) is 10.4. The number of anilines is 2. The highest BCUT2D eigenvalue weighted by atomic mass is 32.2. The van der Waals surface area contributed by atoms with Crippen LogP contribution in [0, 0.1) is 0 Å². The van der Waals surface area contributed by atoms with E-state index in [0.29, 0.717) is 11.6 Å². The van der Waals surface area contributed by atoms with Crippen LogP contribution in [0.1, 0.15) is 25.3 Å². The lowest BCUT2D eigenvalue weighted by Gasteiger charge is -2.11. The third-order valence-corrected chi connectivity index (χ3v) is 4.22. The van der Waals surface area contributed by atoms with Crippen molar-refractivity contribution in [1.29, 1.82) is 0 Å². The van der Waals surface area contributed by atoms with Crippen LogP contribution >= 0.6 is 0 Å². The number of hydrogen-bond acceptors (Lipinski definition) is 4. The van der Waals surface area contributed by atoms with Gasteiger partial charge in [0.25, 0.3) is 10.0 Å². The van der Waals surface area contributed by atoms with Crippen molar-refractivity contribution in [3.63, 3.8) is 0 Å². The van der Waals surface area contributed by atoms with E-state index in [1.165, 1.54) is 12.3 Å². The van der Waals surface area contributed by atoms with Crippen LogP contribution < -0.4 is 10.5 Å². The van der Waals surface area contributed by atoms with Gasteiger partial charge in [-0.15, -0.1) is 0 Å². The van der Waals surface area contributed by atoms with Gasteiger partial charge in [-0.2, -0.15) is 8.42 Å². The quantitative estimate of drug-likeness (QED) is 0.906. The maximum Gasteiger partial charge on any atom is 0.281 e. The predicted octanol–water partition coefficient (Wildman–Crippen LogP) is 2.59. The van der Waals surface area contributed by atoms with Crippen molar-refractivity contribution < 1.29 is 8.42 Å². The SMILES string of the molecule is CC(C)c1cccc(NS(=O)(=O)c2ncccc2N)c1. The molecule has 20 heavy (non-hydrogen) atoms. The van der Waals surface area contributed by atoms with E-state index in [2.05, 4.69) is 9.71 Å². The minimum absolute atomic E-state index is 0.125. The molecule has 0 aliphatic heterocycles. The van der Waals surface area contributed by atoms with E-state index in [4.69, 9.17) is 5.73 Å². The van der Waals surface area contributed by atoms with Gasteiger partial charge in [0.1, 0.15) is 0 Å². The van der Waals surface area contributed by atoms with E-state index in [1.54, 1.807) is 18.2 Å². The van der Waals surface area contributed by atoms with Gasteiger partial charge in [0, 0.05) is 11.9 Å². The number of sulfonamides is 1. The fourth-order valence-electron chi connectivity index (χ4n) is 1.79. The van der Waals surface area contributed by atoms with Crippen LogP contribution in [0.2, 0.25) is 0 Å². The standard InChI is InChI=1S/C14H17N3O2S/c1-10(2)11-5-3-6-12(9-11)17-20(18,19)14-13(15)7-4-8-16-14/h3-10,17H,15H2,1-2H3. The van der Waals surface area contributed by atoms with Gasteiger partial charge in [-0.1, -0.05) is 26.0 Å². The van der Waals surface area contributed by atoms with Gasteiger partial charge < -0.3 is 5.73 Å². The Morgan fingerprint density at radius 2 is 1.95 bits per heavy atom. The Morgan fingerprint density at radius 1 is 1.20 bits per heavy atom. The summed E-state index contributed by atoms with van der Waals surface area (Å²) in [7, 11) is -3.77. The first-order chi connectivity index (χ1) is 9.40. The first-order valence-electron chi connectivity index (χ1n) is 6.23. The average molecular weight is 291 g/mol. The van der Waals surface area contributed by atoms with Crippen molar-refractivity contribution in [2.75, 3.05) is 10.5 Å². The van der Waals surface area contributed by atoms with E-state index in [-0.39, 0.29) is 10.7 Å². The molecule has 2 aromatic rings. The molecule has 0 atom stereocenters. The summed E-state index contributed by atoms with van der Waals surface area (Å²) in [5, 5.41) is -0.157. The lowest BCUT2D eigenvalue weighted by Crippen LogP contribution is -2.16. The van der Waals surface area contributed by atoms with E-state index in [0.717, 1.165) is 5.56 Å². The molecule has 0 bridgehead atoms. The van der Waals surface area contributed by atoms with Crippen molar-refractivity contribution in [3.8, 4) is 0 Å². The molecule has 0 saturated carbocycles. The first-order valence-corrected chi connectivity index (χ1v) is 7.72. The molecule has 3 N–H and O–H groups in total. The summed E-state index contributed by atoms with van der Waals surface area (Å²) in [5.41, 5.74) is 7.34. The molecule has 106 valence electrons. The van der Waals surface area contributed by atoms with E-state index in [1.807, 2.05) is 26.0 Å². The van der Waals surface area contributed by atoms with Crippen molar-refractivity contribution in [1.82, 2.24) is 4.98 Å². The number of nitrogens with two attached hydrogens (primary N) is 1. The Balaban J connectivity index is 2.34. The van der Waals surface area contributed by atoms with Crippen LogP contribution in [0.15, 0.2) is 47.6 Å². The highest BCUT2D eigenvalue weighted by Crippen LogP contribution is 2.22. The zero-order valence-corrected chi connectivity index (χ0v) is 12.2. The van der Waals surface area contributed by atoms with Crippen molar-refractivity contribution in [2.45, 2.75) is 24.8 Å². The van der Waals surface area contributed by atoms with Crippen LogP contribution in [-0.4, -0.2) is 13.4 Å². The zero-order chi connectivity index (χ0) is 14.8. The molecule has 1 aromatic carbocycles. The van der Waals surface area contributed by atoms with Crippen LogP contribution in [-0.2, 0) is 10.0 Å². The van der Waals surface area contributed by atoms with Gasteiger partial charge in [0.15, 0.2) is 5.03 Å². The maximum absolute atomic E-state index is 12.2. The molecule has 5 nitrogen and oxygen atoms in total. The van der Waals surface area contributed by atoms with E-state index < -0.39 is 10.0 Å². The Hall–Kier alpha value is -2.08. The summed E-state index contributed by atoms with van der Waals surface area (Å²) in [4.78, 5) is 3.83. The molecule has 0 radical (unpaired) electrons. The minimum Gasteiger partial charge on any atom is -0.396 e. The molecule has 0 amide bonds. The molecule has 0 unspecified atom stereocenters. The number of hydrogen-bond donors (Lipinski definition) is 2. The Kier molecular flexibility index (Phi) is 3.94. The molecule has 0 fully saturated rings. The summed E-state index contributed by atoms with van der Waals surface area (Å²) >= 11 is 0. The lowest BCUT2D eigenvalue weighted by atomic mass is 10.0. The molecule has 2 rings (SSSR count). The number of aromatic nitrogens is 1. The molecule has 1 heterocycles. The topological polar surface area (TPSA) is 85.1 Å². The van der Waals surface area contributed by atoms with Crippen molar-refractivity contribution in [2.24, 2.45) is 0 Å². The lowest BCUT2D eigenvalue weighted by molar-refractivity contribution is 0.598. The Morgan fingerprint density at radius 3 is 2.60 bits per heavy atom. The van der Waals surface area contributed by atoms with Gasteiger partial charge in [0.05, 0.1) is 5.69 Å². The molecular formula is C14H17N3O2S. The fourth-order valence-corrected chi connectivity index (χ4v) is 2.90. The molecule has 0 saturated heterocycles. The van der Waals surface area contributed by atoms with Crippen molar-refractivity contribution in [3.05, 3.63) is 48.2 Å². The van der Waals surface area contributed by atoms with Gasteiger partial charge in [-0.05, 0) is 35.7 Å². The summed E-state index contributed by atoms with van der Waals surface area (Å²) in [6.07, 6.45) is 1.40. The highest BCUT2D eigenvalue weighted by Gasteiger charge is 2.19. The number of nitrogens with zero attached hydrogens (tertiary/aromatic N) is 1. The number of rotatable bonds is 4. The maximum atomic E-state index is 12.2. The van der Waals surface area contributed by atoms with Crippen LogP contribution in [0.5, 0.6) is 0 Å². The second kappa shape index (κ2) is 5.50. The summed E-state index contributed by atoms with van der Waals surface area (Å²) in [5.74, 6) is 0.319. The largest absolute Gasteiger partial charge is 0.396 e. The monoisotopic (exact) mass is 291 g/mol. The van der Waals surface area contributed by atoms with E-state index in [9.17, 15) is 8.42 Å². The third-order valence-electron chi connectivity index (χ3n) is 2.86. The van der Waals surface area contributed by atoms with Gasteiger partial charge in [0.2, 0.25) is 0 Å². The number of benzene rings is 1. The number of nitrogens with one attached hydrogen (secondary N) is 1. The molecule has 6 heteroatoms. The molecule has 0 aliphatic carbocycles. The highest BCUT2D eigenvalue weighted by molar-refractivity contribution is 7.92. The molecule has 0 aliphatic rings. The Bertz CT molecular complexity index is 712. The van der Waals surface area contributed by atoms with Crippen molar-refractivity contribution >= 4 is 21.4 Å². The van der Waals surface area contributed by atoms with Crippen LogP contribution in [0.3, 0.4) is 0 Å². The molecular weight excluding hydrogens is 274 g/mol. The zero-order valence-electron chi connectivity index (χ0n) is 11.4. The first kappa shape index (κ1) is 14.3. The third kappa shape index (κ3) is 3.08. The second-order valence-electron chi connectivity index (χ2n) is 4.78. The van der Waals surface area contributed by atoms with E-state index >= 15 is 0 Å². The summed E-state index contributed by atoms with van der Waals surface area (Å²) < 4.78 is 27.0. The smallest absolute Gasteiger partial charge is 0.281 e. The fraction of sp³-hybridized carbons (Fsp3) is 0.214. The van der Waals surface area contributed by atoms with Gasteiger partial charge in [-0.3, -0.25) is 4.72 Å². The van der Waals surface area contributed by atoms with Crippen LogP contribution in [0.25, 0.3) is 0 Å². The summed E-state index contributed by atoms with van der Waals surface area (Å²) in [6.45, 7) is 4.09. The minimum atomic E-state index is -3.77. The van der Waals surface area contributed by atoms with Gasteiger partial charge in [-0.25, -0.2) is 4.98 Å². The van der Waals surface area contributed by atoms with Crippen LogP contribution in [0.4, 0.5) is 11.4 Å². The normalized spacial score (nSPS) is 11.6. The predicted molar refractivity (Wildman–Crippen MR) is 80.0 cm³/mol. The molecule has 1 aromatic heterocycles. The second-order valence-corrected chi connectivity index (χ2v) is 6.38.